The van der Waals surface area contributed by atoms with Gasteiger partial charge in [0.2, 0.25) is 11.8 Å². The molecular weight excluding hydrogens is 450 g/mol. The number of rotatable bonds is 6. The highest BCUT2D eigenvalue weighted by Crippen LogP contribution is 2.32. The summed E-state index contributed by atoms with van der Waals surface area (Å²) in [5.74, 6) is 0.657. The third-order valence-electron chi connectivity index (χ3n) is 6.41. The van der Waals surface area contributed by atoms with Crippen LogP contribution in [-0.4, -0.2) is 61.6 Å². The fourth-order valence-corrected chi connectivity index (χ4v) is 4.63. The number of carbonyl (C=O) groups is 3. The number of methoxy groups -OCH3 is 1. The summed E-state index contributed by atoms with van der Waals surface area (Å²) in [4.78, 5) is 38.9. The summed E-state index contributed by atoms with van der Waals surface area (Å²) in [7, 11) is 3.36. The van der Waals surface area contributed by atoms with Gasteiger partial charge in [0, 0.05) is 31.8 Å². The molecular formula is C26H31N3O6. The average molecular weight is 482 g/mol. The molecule has 0 unspecified atom stereocenters. The number of nitrogens with zero attached hydrogens (tertiary/aromatic N) is 1. The molecule has 1 fully saturated rings. The Hall–Kier alpha value is -3.59. The Balaban J connectivity index is 1.38. The summed E-state index contributed by atoms with van der Waals surface area (Å²) in [5.41, 5.74) is 1.84. The van der Waals surface area contributed by atoms with Crippen molar-refractivity contribution in [1.29, 1.82) is 0 Å². The lowest BCUT2D eigenvalue weighted by Gasteiger charge is -2.42. The summed E-state index contributed by atoms with van der Waals surface area (Å²) in [5, 5.41) is 5.64. The second kappa shape index (κ2) is 10.8. The van der Waals surface area contributed by atoms with E-state index in [1.54, 1.807) is 37.3 Å². The van der Waals surface area contributed by atoms with E-state index in [1.165, 1.54) is 6.92 Å². The first-order chi connectivity index (χ1) is 16.9. The predicted molar refractivity (Wildman–Crippen MR) is 129 cm³/mol. The maximum atomic E-state index is 13.2. The van der Waals surface area contributed by atoms with Gasteiger partial charge in [-0.3, -0.25) is 14.4 Å². The van der Waals surface area contributed by atoms with Crippen molar-refractivity contribution in [2.45, 2.75) is 51.0 Å². The predicted octanol–water partition coefficient (Wildman–Crippen LogP) is 2.74. The summed E-state index contributed by atoms with van der Waals surface area (Å²) >= 11 is 0. The molecule has 0 aliphatic carbocycles. The molecule has 0 radical (unpaired) electrons. The molecule has 9 nitrogen and oxygen atoms in total. The van der Waals surface area contributed by atoms with E-state index in [1.807, 2.05) is 24.3 Å². The molecule has 3 atom stereocenters. The molecule has 0 aromatic heterocycles. The SMILES string of the molecule is COc1ccccc1CNC(=O)C[C@@H]1CC[C@@H]2[C@H](COc3ccc(NC(C)=O)cc3C(=O)N2C)O1. The van der Waals surface area contributed by atoms with E-state index in [0.717, 1.165) is 11.3 Å². The van der Waals surface area contributed by atoms with Gasteiger partial charge in [0.25, 0.3) is 5.91 Å². The van der Waals surface area contributed by atoms with E-state index < -0.39 is 0 Å². The molecule has 2 heterocycles. The molecule has 186 valence electrons. The third kappa shape index (κ3) is 5.74. The Kier molecular flexibility index (Phi) is 7.55. The number of benzene rings is 2. The van der Waals surface area contributed by atoms with Crippen molar-refractivity contribution in [2.24, 2.45) is 0 Å². The zero-order chi connectivity index (χ0) is 24.9. The first-order valence-corrected chi connectivity index (χ1v) is 11.7. The first-order valence-electron chi connectivity index (χ1n) is 11.7. The Morgan fingerprint density at radius 2 is 1.97 bits per heavy atom. The van der Waals surface area contributed by atoms with E-state index in [9.17, 15) is 14.4 Å². The van der Waals surface area contributed by atoms with Crippen LogP contribution in [0.25, 0.3) is 0 Å². The third-order valence-corrected chi connectivity index (χ3v) is 6.41. The fraction of sp³-hybridized carbons (Fsp3) is 0.423. The number of hydrogen-bond acceptors (Lipinski definition) is 6. The molecule has 1 saturated heterocycles. The van der Waals surface area contributed by atoms with Gasteiger partial charge in [0.15, 0.2) is 0 Å². The number of hydrogen-bond donors (Lipinski definition) is 2. The standard InChI is InChI=1S/C26H31N3O6/c1-16(30)28-18-8-11-23-20(12-18)26(32)29(2)21-10-9-19(35-24(21)15-34-23)13-25(31)27-14-17-6-4-5-7-22(17)33-3/h4-8,11-12,19,21,24H,9-10,13-15H2,1-3H3,(H,27,31)(H,28,30)/t19-,21+,24-/m0/s1. The van der Waals surface area contributed by atoms with Crippen LogP contribution in [0.4, 0.5) is 5.69 Å². The number of fused-ring (bicyclic) bond motifs is 2. The van der Waals surface area contributed by atoms with E-state index in [-0.39, 0.29) is 49.0 Å². The lowest BCUT2D eigenvalue weighted by Crippen LogP contribution is -2.53. The Labute approximate surface area is 204 Å². The van der Waals surface area contributed by atoms with Crippen molar-refractivity contribution < 1.29 is 28.6 Å². The summed E-state index contributed by atoms with van der Waals surface area (Å²) < 4.78 is 17.5. The topological polar surface area (TPSA) is 106 Å². The molecule has 9 heteroatoms. The van der Waals surface area contributed by atoms with Crippen LogP contribution < -0.4 is 20.1 Å². The van der Waals surface area contributed by atoms with Crippen molar-refractivity contribution in [2.75, 3.05) is 26.1 Å². The highest BCUT2D eigenvalue weighted by atomic mass is 16.5. The number of ether oxygens (including phenoxy) is 3. The molecule has 0 spiro atoms. The molecule has 2 aliphatic rings. The van der Waals surface area contributed by atoms with Crippen LogP contribution in [0.2, 0.25) is 0 Å². The normalized spacial score (nSPS) is 21.5. The number of nitrogens with one attached hydrogen (secondary N) is 2. The first kappa shape index (κ1) is 24.5. The van der Waals surface area contributed by atoms with E-state index in [2.05, 4.69) is 10.6 Å². The highest BCUT2D eigenvalue weighted by Gasteiger charge is 2.39. The molecule has 3 amide bonds. The molecule has 4 rings (SSSR count). The summed E-state index contributed by atoms with van der Waals surface area (Å²) in [6.07, 6.45) is 0.961. The van der Waals surface area contributed by atoms with Gasteiger partial charge in [-0.05, 0) is 37.1 Å². The van der Waals surface area contributed by atoms with Crippen LogP contribution in [0.15, 0.2) is 42.5 Å². The quantitative estimate of drug-likeness (QED) is 0.657. The number of para-hydroxylation sites is 1. The lowest BCUT2D eigenvalue weighted by molar-refractivity contribution is -0.134. The van der Waals surface area contributed by atoms with Crippen LogP contribution >= 0.6 is 0 Å². The zero-order valence-electron chi connectivity index (χ0n) is 20.2. The lowest BCUT2D eigenvalue weighted by atomic mass is 9.94. The maximum absolute atomic E-state index is 13.2. The van der Waals surface area contributed by atoms with Gasteiger partial charge in [-0.15, -0.1) is 0 Å². The summed E-state index contributed by atoms with van der Waals surface area (Å²) in [6.45, 7) is 2.05. The van der Waals surface area contributed by atoms with Crippen LogP contribution in [0.5, 0.6) is 11.5 Å². The second-order valence-electron chi connectivity index (χ2n) is 8.85. The fourth-order valence-electron chi connectivity index (χ4n) is 4.63. The second-order valence-corrected chi connectivity index (χ2v) is 8.85. The smallest absolute Gasteiger partial charge is 0.257 e. The van der Waals surface area contributed by atoms with Crippen molar-refractivity contribution >= 4 is 23.4 Å². The van der Waals surface area contributed by atoms with Gasteiger partial charge < -0.3 is 29.7 Å². The van der Waals surface area contributed by atoms with Crippen molar-refractivity contribution in [3.05, 3.63) is 53.6 Å². The van der Waals surface area contributed by atoms with Crippen molar-refractivity contribution in [3.63, 3.8) is 0 Å². The minimum Gasteiger partial charge on any atom is -0.496 e. The van der Waals surface area contributed by atoms with Gasteiger partial charge in [0.05, 0.1) is 31.2 Å². The number of likely N-dealkylation sites (N-methyl/N-ethyl adjacent to an activating group) is 1. The Bertz CT molecular complexity index is 1100. The Morgan fingerprint density at radius 3 is 2.74 bits per heavy atom. The van der Waals surface area contributed by atoms with Crippen LogP contribution in [0.3, 0.4) is 0 Å². The highest BCUT2D eigenvalue weighted by molar-refractivity contribution is 5.99. The van der Waals surface area contributed by atoms with Gasteiger partial charge in [-0.2, -0.15) is 0 Å². The minimum absolute atomic E-state index is 0.105. The van der Waals surface area contributed by atoms with Crippen molar-refractivity contribution in [3.8, 4) is 11.5 Å². The van der Waals surface area contributed by atoms with Crippen LogP contribution in [-0.2, 0) is 20.9 Å². The van der Waals surface area contributed by atoms with E-state index in [4.69, 9.17) is 14.2 Å². The monoisotopic (exact) mass is 481 g/mol. The zero-order valence-corrected chi connectivity index (χ0v) is 20.2. The molecule has 2 N–H and O–H groups in total. The van der Waals surface area contributed by atoms with Gasteiger partial charge in [-0.25, -0.2) is 0 Å². The van der Waals surface area contributed by atoms with Gasteiger partial charge in [0.1, 0.15) is 24.2 Å². The molecule has 0 saturated carbocycles. The van der Waals surface area contributed by atoms with E-state index >= 15 is 0 Å². The summed E-state index contributed by atoms with van der Waals surface area (Å²) in [6, 6.07) is 12.4. The number of amides is 3. The maximum Gasteiger partial charge on any atom is 0.257 e. The van der Waals surface area contributed by atoms with Gasteiger partial charge >= 0.3 is 0 Å². The Morgan fingerprint density at radius 1 is 1.17 bits per heavy atom. The molecule has 2 aromatic carbocycles. The van der Waals surface area contributed by atoms with Crippen LogP contribution in [0, 0.1) is 0 Å². The minimum atomic E-state index is -0.354. The van der Waals surface area contributed by atoms with Gasteiger partial charge in [-0.1, -0.05) is 18.2 Å². The molecule has 35 heavy (non-hydrogen) atoms. The molecule has 0 bridgehead atoms. The van der Waals surface area contributed by atoms with Crippen molar-refractivity contribution in [1.82, 2.24) is 10.2 Å². The molecule has 2 aliphatic heterocycles. The number of anilines is 1. The average Bonchev–Trinajstić information content (AvgIpc) is 2.85. The van der Waals surface area contributed by atoms with E-state index in [0.29, 0.717) is 36.4 Å². The van der Waals surface area contributed by atoms with Crippen LogP contribution in [0.1, 0.15) is 42.1 Å². The molecule has 2 aromatic rings. The number of carbonyl (C=O) groups excluding carboxylic acids is 3. The largest absolute Gasteiger partial charge is 0.496 e.